The van der Waals surface area contributed by atoms with Crippen molar-refractivity contribution in [2.24, 2.45) is 0 Å². The molecule has 0 radical (unpaired) electrons. The van der Waals surface area contributed by atoms with Crippen LogP contribution in [0.5, 0.6) is 0 Å². The molecule has 210 valence electrons. The summed E-state index contributed by atoms with van der Waals surface area (Å²) < 4.78 is 7.94. The molecule has 0 atom stereocenters. The van der Waals surface area contributed by atoms with Gasteiger partial charge >= 0.3 is 5.97 Å². The molecule has 0 amide bonds. The third-order valence-corrected chi connectivity index (χ3v) is 7.53. The SMILES string of the molecule is CCCCc1nc2ccc(NC3CCCCC3)nc2n1Cc1ccc(-c2ccccc2C(=O)OC(C)(C)C)cc1. The number of nitrogens with zero attached hydrogens (tertiary/aromatic N) is 3. The Bertz CT molecular complexity index is 1440. The van der Waals surface area contributed by atoms with E-state index in [1.165, 1.54) is 37.7 Å². The van der Waals surface area contributed by atoms with Crippen molar-refractivity contribution in [2.75, 3.05) is 5.32 Å². The van der Waals surface area contributed by atoms with Crippen LogP contribution in [0.4, 0.5) is 5.82 Å². The van der Waals surface area contributed by atoms with Crippen molar-refractivity contribution in [1.29, 1.82) is 0 Å². The van der Waals surface area contributed by atoms with E-state index < -0.39 is 5.60 Å². The predicted octanol–water partition coefficient (Wildman–Crippen LogP) is 8.19. The molecule has 1 aliphatic carbocycles. The molecule has 1 fully saturated rings. The number of ether oxygens (including phenoxy) is 1. The molecule has 0 saturated heterocycles. The number of rotatable bonds is 9. The summed E-state index contributed by atoms with van der Waals surface area (Å²) in [5.74, 6) is 1.72. The number of pyridine rings is 1. The number of carbonyl (C=O) groups excluding carboxylic acids is 1. The van der Waals surface area contributed by atoms with E-state index in [9.17, 15) is 4.79 Å². The number of hydrogen-bond acceptors (Lipinski definition) is 5. The van der Waals surface area contributed by atoms with Crippen LogP contribution in [-0.2, 0) is 17.7 Å². The third kappa shape index (κ3) is 6.72. The Balaban J connectivity index is 1.41. The van der Waals surface area contributed by atoms with Gasteiger partial charge in [0.25, 0.3) is 0 Å². The lowest BCUT2D eigenvalue weighted by molar-refractivity contribution is 0.00704. The van der Waals surface area contributed by atoms with Gasteiger partial charge in [0.15, 0.2) is 5.65 Å². The number of aryl methyl sites for hydroxylation is 1. The number of imidazole rings is 1. The van der Waals surface area contributed by atoms with E-state index in [0.717, 1.165) is 53.2 Å². The van der Waals surface area contributed by atoms with E-state index in [2.05, 4.69) is 53.2 Å². The van der Waals surface area contributed by atoms with Gasteiger partial charge in [0.2, 0.25) is 0 Å². The zero-order valence-electron chi connectivity index (χ0n) is 24.4. The van der Waals surface area contributed by atoms with E-state index in [1.807, 2.05) is 45.0 Å². The normalized spacial score (nSPS) is 14.4. The summed E-state index contributed by atoms with van der Waals surface area (Å²) >= 11 is 0. The summed E-state index contributed by atoms with van der Waals surface area (Å²) in [5, 5.41) is 3.68. The topological polar surface area (TPSA) is 69.0 Å². The first-order chi connectivity index (χ1) is 19.3. The molecule has 2 heterocycles. The van der Waals surface area contributed by atoms with Gasteiger partial charge in [0.1, 0.15) is 22.8 Å². The Morgan fingerprint density at radius 2 is 1.73 bits per heavy atom. The van der Waals surface area contributed by atoms with Crippen molar-refractivity contribution in [3.05, 3.63) is 77.6 Å². The molecule has 0 bridgehead atoms. The molecule has 4 aromatic rings. The largest absolute Gasteiger partial charge is 0.456 e. The number of unbranched alkanes of at least 4 members (excludes halogenated alkanes) is 1. The smallest absolute Gasteiger partial charge is 0.339 e. The average Bonchev–Trinajstić information content (AvgIpc) is 3.28. The first kappa shape index (κ1) is 27.9. The van der Waals surface area contributed by atoms with Crippen LogP contribution in [0.25, 0.3) is 22.3 Å². The number of aromatic nitrogens is 3. The van der Waals surface area contributed by atoms with Crippen LogP contribution < -0.4 is 5.32 Å². The van der Waals surface area contributed by atoms with Crippen molar-refractivity contribution in [1.82, 2.24) is 14.5 Å². The van der Waals surface area contributed by atoms with E-state index in [4.69, 9.17) is 14.7 Å². The van der Waals surface area contributed by atoms with E-state index >= 15 is 0 Å². The second-order valence-electron chi connectivity index (χ2n) is 12.0. The van der Waals surface area contributed by atoms with Gasteiger partial charge in [-0.1, -0.05) is 75.1 Å². The fourth-order valence-electron chi connectivity index (χ4n) is 5.50. The zero-order chi connectivity index (χ0) is 28.1. The van der Waals surface area contributed by atoms with Crippen LogP contribution in [0.1, 0.15) is 94.4 Å². The molecule has 6 heteroatoms. The number of nitrogens with one attached hydrogen (secondary N) is 1. The number of anilines is 1. The summed E-state index contributed by atoms with van der Waals surface area (Å²) in [4.78, 5) is 22.9. The fourth-order valence-corrected chi connectivity index (χ4v) is 5.50. The number of benzene rings is 2. The van der Waals surface area contributed by atoms with Gasteiger partial charge in [-0.3, -0.25) is 0 Å². The van der Waals surface area contributed by atoms with Crippen molar-refractivity contribution in [3.8, 4) is 11.1 Å². The quantitative estimate of drug-likeness (QED) is 0.218. The maximum atomic E-state index is 12.9. The minimum absolute atomic E-state index is 0.304. The van der Waals surface area contributed by atoms with E-state index in [-0.39, 0.29) is 5.97 Å². The Morgan fingerprint density at radius 3 is 2.45 bits per heavy atom. The molecule has 1 saturated carbocycles. The molecule has 0 aliphatic heterocycles. The van der Waals surface area contributed by atoms with Crippen LogP contribution in [0, 0.1) is 0 Å². The molecule has 0 spiro atoms. The Kier molecular flexibility index (Phi) is 8.53. The lowest BCUT2D eigenvalue weighted by atomic mass is 9.95. The molecule has 5 rings (SSSR count). The standard InChI is InChI=1S/C34H42N4O2/c1-5-6-16-31-36-29-21-22-30(35-26-12-8-7-9-13-26)37-32(29)38(31)23-24-17-19-25(20-18-24)27-14-10-11-15-28(27)33(39)40-34(2,3)4/h10-11,14-15,17-22,26H,5-9,12-13,16,23H2,1-4H3,(H,35,37). The first-order valence-electron chi connectivity index (χ1n) is 14.8. The maximum absolute atomic E-state index is 12.9. The Morgan fingerprint density at radius 1 is 0.975 bits per heavy atom. The average molecular weight is 539 g/mol. The number of esters is 1. The van der Waals surface area contributed by atoms with Crippen LogP contribution in [0.3, 0.4) is 0 Å². The van der Waals surface area contributed by atoms with Gasteiger partial charge in [-0.25, -0.2) is 14.8 Å². The molecular weight excluding hydrogens is 496 g/mol. The Labute approximate surface area is 238 Å². The van der Waals surface area contributed by atoms with Crippen LogP contribution in [0.2, 0.25) is 0 Å². The van der Waals surface area contributed by atoms with Gasteiger partial charge in [-0.05, 0) is 74.9 Å². The van der Waals surface area contributed by atoms with Crippen molar-refractivity contribution in [2.45, 2.75) is 97.2 Å². The number of hydrogen-bond donors (Lipinski definition) is 1. The van der Waals surface area contributed by atoms with E-state index in [0.29, 0.717) is 18.2 Å². The second-order valence-corrected chi connectivity index (χ2v) is 12.0. The van der Waals surface area contributed by atoms with Gasteiger partial charge in [0, 0.05) is 12.5 Å². The molecule has 1 aliphatic rings. The van der Waals surface area contributed by atoms with Gasteiger partial charge in [-0.2, -0.15) is 0 Å². The van der Waals surface area contributed by atoms with Crippen LogP contribution in [-0.4, -0.2) is 32.1 Å². The summed E-state index contributed by atoms with van der Waals surface area (Å²) in [6.07, 6.45) is 9.49. The minimum atomic E-state index is -0.545. The number of carbonyl (C=O) groups is 1. The summed E-state index contributed by atoms with van der Waals surface area (Å²) in [5.41, 5.74) is 4.95. The van der Waals surface area contributed by atoms with Crippen molar-refractivity contribution in [3.63, 3.8) is 0 Å². The van der Waals surface area contributed by atoms with Gasteiger partial charge in [0.05, 0.1) is 12.1 Å². The zero-order valence-corrected chi connectivity index (χ0v) is 24.4. The van der Waals surface area contributed by atoms with E-state index in [1.54, 1.807) is 0 Å². The maximum Gasteiger partial charge on any atom is 0.339 e. The summed E-state index contributed by atoms with van der Waals surface area (Å²) in [6, 6.07) is 20.8. The second kappa shape index (κ2) is 12.2. The third-order valence-electron chi connectivity index (χ3n) is 7.53. The predicted molar refractivity (Wildman–Crippen MR) is 163 cm³/mol. The molecule has 2 aromatic carbocycles. The highest BCUT2D eigenvalue weighted by atomic mass is 16.6. The first-order valence-corrected chi connectivity index (χ1v) is 14.8. The monoisotopic (exact) mass is 538 g/mol. The highest BCUT2D eigenvalue weighted by Gasteiger charge is 2.21. The summed E-state index contributed by atoms with van der Waals surface area (Å²) in [6.45, 7) is 8.58. The summed E-state index contributed by atoms with van der Waals surface area (Å²) in [7, 11) is 0. The van der Waals surface area contributed by atoms with Crippen molar-refractivity contribution < 1.29 is 9.53 Å². The molecule has 0 unspecified atom stereocenters. The lowest BCUT2D eigenvalue weighted by Crippen LogP contribution is -2.24. The van der Waals surface area contributed by atoms with Crippen LogP contribution in [0.15, 0.2) is 60.7 Å². The highest BCUT2D eigenvalue weighted by molar-refractivity contribution is 5.97. The molecule has 6 nitrogen and oxygen atoms in total. The molecule has 2 aromatic heterocycles. The molecular formula is C34H42N4O2. The fraction of sp³-hybridized carbons (Fsp3) is 0.441. The highest BCUT2D eigenvalue weighted by Crippen LogP contribution is 2.28. The Hall–Kier alpha value is -3.67. The molecule has 1 N–H and O–H groups in total. The van der Waals surface area contributed by atoms with Crippen LogP contribution >= 0.6 is 0 Å². The molecule has 40 heavy (non-hydrogen) atoms. The van der Waals surface area contributed by atoms with Crippen molar-refractivity contribution >= 4 is 23.0 Å². The number of fused-ring (bicyclic) bond motifs is 1. The minimum Gasteiger partial charge on any atom is -0.456 e. The lowest BCUT2D eigenvalue weighted by Gasteiger charge is -2.23. The van der Waals surface area contributed by atoms with Gasteiger partial charge < -0.3 is 14.6 Å². The van der Waals surface area contributed by atoms with Gasteiger partial charge in [-0.15, -0.1) is 0 Å².